The van der Waals surface area contributed by atoms with E-state index in [0.29, 0.717) is 5.75 Å². The van der Waals surface area contributed by atoms with Gasteiger partial charge in [-0.3, -0.25) is 4.79 Å². The summed E-state index contributed by atoms with van der Waals surface area (Å²) in [5.41, 5.74) is 2.06. The second kappa shape index (κ2) is 7.48. The second-order valence-corrected chi connectivity index (χ2v) is 5.01. The molecule has 110 valence electrons. The van der Waals surface area contributed by atoms with Crippen LogP contribution in [-0.4, -0.2) is 12.0 Å². The lowest BCUT2D eigenvalue weighted by atomic mass is 10.1. The molecule has 0 heterocycles. The van der Waals surface area contributed by atoms with Crippen LogP contribution in [0.15, 0.2) is 54.6 Å². The van der Waals surface area contributed by atoms with Gasteiger partial charge in [0.2, 0.25) is 0 Å². The fourth-order valence-electron chi connectivity index (χ4n) is 2.05. The Morgan fingerprint density at radius 1 is 1.10 bits per heavy atom. The first-order chi connectivity index (χ1) is 10.2. The number of nitrogens with one attached hydrogen (secondary N) is 1. The number of rotatable bonds is 6. The molecule has 2 rings (SSSR count). The van der Waals surface area contributed by atoms with Gasteiger partial charge in [-0.05, 0) is 43.2 Å². The van der Waals surface area contributed by atoms with Crippen molar-refractivity contribution in [1.82, 2.24) is 0 Å². The molecule has 1 atom stereocenters. The van der Waals surface area contributed by atoms with Gasteiger partial charge >= 0.3 is 0 Å². The third-order valence-corrected chi connectivity index (χ3v) is 3.19. The van der Waals surface area contributed by atoms with E-state index >= 15 is 0 Å². The molecule has 0 saturated carbocycles. The fraction of sp³-hybridized carbons (Fsp3) is 0.278. The van der Waals surface area contributed by atoms with Gasteiger partial charge < -0.3 is 10.1 Å². The van der Waals surface area contributed by atoms with Gasteiger partial charge in [0.05, 0.1) is 0 Å². The Kier molecular flexibility index (Phi) is 5.38. The van der Waals surface area contributed by atoms with E-state index in [1.807, 2.05) is 54.6 Å². The molecule has 3 heteroatoms. The Morgan fingerprint density at radius 2 is 1.76 bits per heavy atom. The number of para-hydroxylation sites is 1. The van der Waals surface area contributed by atoms with Crippen molar-refractivity contribution < 1.29 is 9.53 Å². The number of benzene rings is 2. The van der Waals surface area contributed by atoms with E-state index in [9.17, 15) is 4.79 Å². The monoisotopic (exact) mass is 283 g/mol. The van der Waals surface area contributed by atoms with E-state index in [2.05, 4.69) is 12.2 Å². The van der Waals surface area contributed by atoms with Crippen LogP contribution in [0.1, 0.15) is 25.8 Å². The molecular weight excluding hydrogens is 262 g/mol. The zero-order valence-corrected chi connectivity index (χ0v) is 12.5. The van der Waals surface area contributed by atoms with Crippen molar-refractivity contribution in [3.8, 4) is 5.75 Å². The van der Waals surface area contributed by atoms with Crippen LogP contribution in [-0.2, 0) is 11.2 Å². The minimum Gasteiger partial charge on any atom is -0.481 e. The molecule has 1 N–H and O–H groups in total. The van der Waals surface area contributed by atoms with Gasteiger partial charge in [-0.25, -0.2) is 0 Å². The molecule has 0 saturated heterocycles. The average molecular weight is 283 g/mol. The number of amides is 1. The van der Waals surface area contributed by atoms with E-state index < -0.39 is 6.10 Å². The quantitative estimate of drug-likeness (QED) is 0.868. The van der Waals surface area contributed by atoms with Crippen molar-refractivity contribution in [3.05, 3.63) is 60.2 Å². The molecule has 3 nitrogen and oxygen atoms in total. The molecule has 0 spiro atoms. The summed E-state index contributed by atoms with van der Waals surface area (Å²) in [7, 11) is 0. The van der Waals surface area contributed by atoms with Crippen LogP contribution in [0, 0.1) is 0 Å². The molecule has 0 aromatic heterocycles. The molecule has 21 heavy (non-hydrogen) atoms. The van der Waals surface area contributed by atoms with Crippen molar-refractivity contribution in [2.45, 2.75) is 32.8 Å². The van der Waals surface area contributed by atoms with Gasteiger partial charge in [0.15, 0.2) is 6.10 Å². The van der Waals surface area contributed by atoms with Gasteiger partial charge in [0.25, 0.3) is 5.91 Å². The molecule has 2 aromatic carbocycles. The zero-order chi connectivity index (χ0) is 15.1. The number of aryl methyl sites for hydroxylation is 1. The summed E-state index contributed by atoms with van der Waals surface area (Å²) >= 11 is 0. The van der Waals surface area contributed by atoms with Crippen LogP contribution < -0.4 is 10.1 Å². The van der Waals surface area contributed by atoms with Crippen LogP contribution in [0.5, 0.6) is 5.75 Å². The largest absolute Gasteiger partial charge is 0.481 e. The van der Waals surface area contributed by atoms with E-state index in [1.54, 1.807) is 6.92 Å². The summed E-state index contributed by atoms with van der Waals surface area (Å²) in [5, 5.41) is 2.83. The second-order valence-electron chi connectivity index (χ2n) is 5.01. The first-order valence-corrected chi connectivity index (χ1v) is 7.30. The summed E-state index contributed by atoms with van der Waals surface area (Å²) in [6, 6.07) is 17.3. The third kappa shape index (κ3) is 4.63. The van der Waals surface area contributed by atoms with Crippen LogP contribution in [0.2, 0.25) is 0 Å². The SMILES string of the molecule is CCCc1ccc(OC(C)C(=O)Nc2ccccc2)cc1. The number of carbonyl (C=O) groups is 1. The van der Waals surface area contributed by atoms with Gasteiger partial charge in [0.1, 0.15) is 5.75 Å². The van der Waals surface area contributed by atoms with E-state index in [0.717, 1.165) is 18.5 Å². The molecule has 0 radical (unpaired) electrons. The van der Waals surface area contributed by atoms with Crippen LogP contribution in [0.3, 0.4) is 0 Å². The number of hydrogen-bond donors (Lipinski definition) is 1. The first kappa shape index (κ1) is 15.1. The minimum atomic E-state index is -0.540. The zero-order valence-electron chi connectivity index (χ0n) is 12.5. The van der Waals surface area contributed by atoms with Crippen LogP contribution in [0.4, 0.5) is 5.69 Å². The summed E-state index contributed by atoms with van der Waals surface area (Å²) in [6.07, 6.45) is 1.64. The number of anilines is 1. The molecule has 2 aromatic rings. The third-order valence-electron chi connectivity index (χ3n) is 3.19. The maximum atomic E-state index is 12.1. The molecule has 1 amide bonds. The lowest BCUT2D eigenvalue weighted by Crippen LogP contribution is -2.30. The van der Waals surface area contributed by atoms with Crippen molar-refractivity contribution >= 4 is 11.6 Å². The topological polar surface area (TPSA) is 38.3 Å². The molecule has 1 unspecified atom stereocenters. The van der Waals surface area contributed by atoms with E-state index in [-0.39, 0.29) is 5.91 Å². The summed E-state index contributed by atoms with van der Waals surface area (Å²) in [5.74, 6) is 0.560. The summed E-state index contributed by atoms with van der Waals surface area (Å²) < 4.78 is 5.67. The number of hydrogen-bond acceptors (Lipinski definition) is 2. The van der Waals surface area contributed by atoms with Gasteiger partial charge in [-0.2, -0.15) is 0 Å². The Bertz CT molecular complexity index is 564. The maximum Gasteiger partial charge on any atom is 0.265 e. The standard InChI is InChI=1S/C18H21NO2/c1-3-7-15-10-12-17(13-11-15)21-14(2)18(20)19-16-8-5-4-6-9-16/h4-6,8-14H,3,7H2,1-2H3,(H,19,20). The molecule has 0 bridgehead atoms. The first-order valence-electron chi connectivity index (χ1n) is 7.30. The van der Waals surface area contributed by atoms with Gasteiger partial charge in [0, 0.05) is 5.69 Å². The van der Waals surface area contributed by atoms with Crippen LogP contribution >= 0.6 is 0 Å². The Labute approximate surface area is 126 Å². The highest BCUT2D eigenvalue weighted by atomic mass is 16.5. The predicted molar refractivity (Wildman–Crippen MR) is 85.6 cm³/mol. The van der Waals surface area contributed by atoms with E-state index in [1.165, 1.54) is 5.56 Å². The average Bonchev–Trinajstić information content (AvgIpc) is 2.50. The van der Waals surface area contributed by atoms with Crippen molar-refractivity contribution in [2.24, 2.45) is 0 Å². The minimum absolute atomic E-state index is 0.154. The van der Waals surface area contributed by atoms with Crippen molar-refractivity contribution in [3.63, 3.8) is 0 Å². The number of ether oxygens (including phenoxy) is 1. The van der Waals surface area contributed by atoms with E-state index in [4.69, 9.17) is 4.74 Å². The molecular formula is C18H21NO2. The van der Waals surface area contributed by atoms with Crippen LogP contribution in [0.25, 0.3) is 0 Å². The van der Waals surface area contributed by atoms with Crippen molar-refractivity contribution in [1.29, 1.82) is 0 Å². The number of carbonyl (C=O) groups excluding carboxylic acids is 1. The predicted octanol–water partition coefficient (Wildman–Crippen LogP) is 4.05. The van der Waals surface area contributed by atoms with Gasteiger partial charge in [-0.1, -0.05) is 43.7 Å². The van der Waals surface area contributed by atoms with Gasteiger partial charge in [-0.15, -0.1) is 0 Å². The smallest absolute Gasteiger partial charge is 0.265 e. The Morgan fingerprint density at radius 3 is 2.38 bits per heavy atom. The Hall–Kier alpha value is -2.29. The molecule has 0 fully saturated rings. The highest BCUT2D eigenvalue weighted by Crippen LogP contribution is 2.15. The fourth-order valence-corrected chi connectivity index (χ4v) is 2.05. The maximum absolute atomic E-state index is 12.1. The Balaban J connectivity index is 1.91. The molecule has 0 aliphatic rings. The molecule has 0 aliphatic heterocycles. The summed E-state index contributed by atoms with van der Waals surface area (Å²) in [4.78, 5) is 12.1. The molecule has 0 aliphatic carbocycles. The lowest BCUT2D eigenvalue weighted by molar-refractivity contribution is -0.122. The summed E-state index contributed by atoms with van der Waals surface area (Å²) in [6.45, 7) is 3.90. The highest BCUT2D eigenvalue weighted by molar-refractivity contribution is 5.94. The normalized spacial score (nSPS) is 11.7. The lowest BCUT2D eigenvalue weighted by Gasteiger charge is -2.15. The van der Waals surface area contributed by atoms with Crippen molar-refractivity contribution in [2.75, 3.05) is 5.32 Å². The highest BCUT2D eigenvalue weighted by Gasteiger charge is 2.14.